The molecular weight excluding hydrogens is 364 g/mol. The molecule has 0 amide bonds. The van der Waals surface area contributed by atoms with E-state index in [-0.39, 0.29) is 0 Å². The quantitative estimate of drug-likeness (QED) is 0.302. The molecule has 0 radical (unpaired) electrons. The predicted octanol–water partition coefficient (Wildman–Crippen LogP) is 6.71. The molecule has 0 N–H and O–H groups in total. The Kier molecular flexibility index (Phi) is 4.43. The second-order valence-electron chi connectivity index (χ2n) is 8.43. The maximum atomic E-state index is 2.43. The van der Waals surface area contributed by atoms with Crippen LogP contribution in [0.25, 0.3) is 38.9 Å². The van der Waals surface area contributed by atoms with Crippen molar-refractivity contribution in [3.8, 4) is 17.1 Å². The van der Waals surface area contributed by atoms with Crippen molar-refractivity contribution in [1.29, 1.82) is 0 Å². The third kappa shape index (κ3) is 2.83. The second kappa shape index (κ2) is 7.14. The fourth-order valence-electron chi connectivity index (χ4n) is 4.56. The van der Waals surface area contributed by atoms with Crippen LogP contribution in [0, 0.1) is 6.92 Å². The molecule has 0 aliphatic heterocycles. The zero-order chi connectivity index (χ0) is 20.8. The van der Waals surface area contributed by atoms with E-state index in [1.54, 1.807) is 0 Å². The van der Waals surface area contributed by atoms with Gasteiger partial charge < -0.3 is 0 Å². The number of benzene rings is 4. The lowest BCUT2D eigenvalue weighted by Gasteiger charge is -2.11. The Balaban J connectivity index is 1.90. The van der Waals surface area contributed by atoms with Crippen LogP contribution in [-0.2, 0) is 7.05 Å². The van der Waals surface area contributed by atoms with Crippen molar-refractivity contribution in [3.63, 3.8) is 0 Å². The highest BCUT2D eigenvalue weighted by Gasteiger charge is 2.27. The molecular formula is C28H27N2+. The van der Waals surface area contributed by atoms with Crippen LogP contribution in [0.1, 0.15) is 30.9 Å². The minimum atomic E-state index is 0.524. The highest BCUT2D eigenvalue weighted by Crippen LogP contribution is 2.33. The summed E-state index contributed by atoms with van der Waals surface area (Å²) in [7, 11) is 2.18. The number of rotatable bonds is 3. The van der Waals surface area contributed by atoms with E-state index >= 15 is 0 Å². The van der Waals surface area contributed by atoms with Gasteiger partial charge in [0.05, 0.1) is 12.6 Å². The standard InChI is InChI=1S/C28H27N2/c1-19(2)22-16-17-23(20(3)18-22)28-29(4)26-13-7-8-14-27(26)30(28)25-15-9-11-21-10-5-6-12-24(21)25/h5-19H,1-4H3/q+1. The lowest BCUT2D eigenvalue weighted by atomic mass is 9.97. The number of fused-ring (bicyclic) bond motifs is 2. The van der Waals surface area contributed by atoms with Crippen LogP contribution < -0.4 is 4.57 Å². The van der Waals surface area contributed by atoms with E-state index in [1.165, 1.54) is 50.0 Å². The summed E-state index contributed by atoms with van der Waals surface area (Å²) < 4.78 is 4.75. The molecule has 30 heavy (non-hydrogen) atoms. The average molecular weight is 392 g/mol. The number of hydrogen-bond acceptors (Lipinski definition) is 0. The van der Waals surface area contributed by atoms with E-state index in [0.717, 1.165) is 0 Å². The van der Waals surface area contributed by atoms with E-state index in [0.29, 0.717) is 5.92 Å². The molecule has 0 bridgehead atoms. The molecule has 0 spiro atoms. The molecule has 0 aliphatic rings. The number of aromatic nitrogens is 2. The summed E-state index contributed by atoms with van der Waals surface area (Å²) >= 11 is 0. The second-order valence-corrected chi connectivity index (χ2v) is 8.43. The van der Waals surface area contributed by atoms with Gasteiger partial charge in [0.2, 0.25) is 0 Å². The van der Waals surface area contributed by atoms with Crippen LogP contribution >= 0.6 is 0 Å². The summed E-state index contributed by atoms with van der Waals surface area (Å²) in [6, 6.07) is 30.8. The third-order valence-corrected chi connectivity index (χ3v) is 6.18. The van der Waals surface area contributed by atoms with Crippen LogP contribution in [0.3, 0.4) is 0 Å². The topological polar surface area (TPSA) is 8.81 Å². The lowest BCUT2D eigenvalue weighted by molar-refractivity contribution is -0.633. The van der Waals surface area contributed by atoms with E-state index in [2.05, 4.69) is 122 Å². The monoisotopic (exact) mass is 391 g/mol. The molecule has 4 aromatic carbocycles. The van der Waals surface area contributed by atoms with E-state index in [4.69, 9.17) is 0 Å². The molecule has 0 atom stereocenters. The minimum Gasteiger partial charge on any atom is -0.225 e. The molecule has 1 heterocycles. The average Bonchev–Trinajstić information content (AvgIpc) is 3.05. The van der Waals surface area contributed by atoms with Crippen LogP contribution in [0.5, 0.6) is 0 Å². The first-order valence-corrected chi connectivity index (χ1v) is 10.6. The molecule has 2 nitrogen and oxygen atoms in total. The lowest BCUT2D eigenvalue weighted by Crippen LogP contribution is -2.30. The van der Waals surface area contributed by atoms with E-state index in [9.17, 15) is 0 Å². The fourth-order valence-corrected chi connectivity index (χ4v) is 4.56. The van der Waals surface area contributed by atoms with Crippen molar-refractivity contribution >= 4 is 21.8 Å². The number of para-hydroxylation sites is 2. The third-order valence-electron chi connectivity index (χ3n) is 6.18. The summed E-state index contributed by atoms with van der Waals surface area (Å²) in [5.41, 5.74) is 7.62. The van der Waals surface area contributed by atoms with Crippen LogP contribution in [0.15, 0.2) is 84.9 Å². The number of imidazole rings is 1. The van der Waals surface area contributed by atoms with Gasteiger partial charge in [-0.05, 0) is 53.6 Å². The van der Waals surface area contributed by atoms with Gasteiger partial charge in [-0.15, -0.1) is 0 Å². The Morgan fingerprint density at radius 3 is 2.33 bits per heavy atom. The van der Waals surface area contributed by atoms with E-state index in [1.807, 2.05) is 0 Å². The highest BCUT2D eigenvalue weighted by atomic mass is 15.2. The zero-order valence-electron chi connectivity index (χ0n) is 18.1. The van der Waals surface area contributed by atoms with Crippen LogP contribution in [-0.4, -0.2) is 4.57 Å². The van der Waals surface area contributed by atoms with Gasteiger partial charge in [0, 0.05) is 5.39 Å². The first-order chi connectivity index (χ1) is 14.6. The highest BCUT2D eigenvalue weighted by molar-refractivity contribution is 5.93. The summed E-state index contributed by atoms with van der Waals surface area (Å²) in [6.07, 6.45) is 0. The normalized spacial score (nSPS) is 11.6. The summed E-state index contributed by atoms with van der Waals surface area (Å²) in [6.45, 7) is 6.73. The Morgan fingerprint density at radius 1 is 0.800 bits per heavy atom. The number of nitrogens with zero attached hydrogens (tertiary/aromatic N) is 2. The maximum absolute atomic E-state index is 2.43. The van der Waals surface area contributed by atoms with Crippen molar-refractivity contribution in [2.24, 2.45) is 7.05 Å². The minimum absolute atomic E-state index is 0.524. The van der Waals surface area contributed by atoms with Crippen molar-refractivity contribution < 1.29 is 4.57 Å². The van der Waals surface area contributed by atoms with Gasteiger partial charge >= 0.3 is 0 Å². The largest absolute Gasteiger partial charge is 0.295 e. The van der Waals surface area contributed by atoms with Gasteiger partial charge in [-0.25, -0.2) is 4.57 Å². The molecule has 0 fully saturated rings. The molecule has 148 valence electrons. The van der Waals surface area contributed by atoms with Gasteiger partial charge in [0.1, 0.15) is 5.69 Å². The first-order valence-electron chi connectivity index (χ1n) is 10.6. The van der Waals surface area contributed by atoms with E-state index < -0.39 is 0 Å². The molecule has 0 saturated carbocycles. The Labute approximate surface area is 178 Å². The molecule has 1 aromatic heterocycles. The van der Waals surface area contributed by atoms with Crippen molar-refractivity contribution in [1.82, 2.24) is 4.57 Å². The number of hydrogen-bond donors (Lipinski definition) is 0. The molecule has 2 heteroatoms. The molecule has 0 aliphatic carbocycles. The fraction of sp³-hybridized carbons (Fsp3) is 0.179. The molecule has 5 rings (SSSR count). The zero-order valence-corrected chi connectivity index (χ0v) is 18.1. The van der Waals surface area contributed by atoms with Crippen molar-refractivity contribution in [2.75, 3.05) is 0 Å². The summed E-state index contributed by atoms with van der Waals surface area (Å²) in [5.74, 6) is 1.73. The number of aryl methyl sites for hydroxylation is 2. The predicted molar refractivity (Wildman–Crippen MR) is 126 cm³/mol. The van der Waals surface area contributed by atoms with Crippen molar-refractivity contribution in [2.45, 2.75) is 26.7 Å². The molecule has 0 unspecified atom stereocenters. The van der Waals surface area contributed by atoms with Gasteiger partial charge in [-0.1, -0.05) is 74.5 Å². The van der Waals surface area contributed by atoms with Gasteiger partial charge in [0.15, 0.2) is 11.0 Å². The first kappa shape index (κ1) is 18.6. The maximum Gasteiger partial charge on any atom is 0.295 e. The van der Waals surface area contributed by atoms with Gasteiger partial charge in [-0.3, -0.25) is 0 Å². The summed E-state index contributed by atoms with van der Waals surface area (Å²) in [5, 5.41) is 2.52. The SMILES string of the molecule is Cc1cc(C(C)C)ccc1-c1n(-c2cccc3ccccc23)c2ccccc2[n+]1C. The Morgan fingerprint density at radius 2 is 1.53 bits per heavy atom. The Bertz CT molecular complexity index is 1380. The molecule has 5 aromatic rings. The summed E-state index contributed by atoms with van der Waals surface area (Å²) in [4.78, 5) is 0. The van der Waals surface area contributed by atoms with Crippen molar-refractivity contribution in [3.05, 3.63) is 96.1 Å². The van der Waals surface area contributed by atoms with Gasteiger partial charge in [0.25, 0.3) is 5.82 Å². The van der Waals surface area contributed by atoms with Crippen LogP contribution in [0.4, 0.5) is 0 Å². The Hall–Kier alpha value is -3.39. The van der Waals surface area contributed by atoms with Crippen LogP contribution in [0.2, 0.25) is 0 Å². The molecule has 0 saturated heterocycles. The van der Waals surface area contributed by atoms with Gasteiger partial charge in [-0.2, -0.15) is 4.57 Å². The smallest absolute Gasteiger partial charge is 0.225 e.